The van der Waals surface area contributed by atoms with Gasteiger partial charge in [0.15, 0.2) is 0 Å². The van der Waals surface area contributed by atoms with E-state index in [9.17, 15) is 9.59 Å². The van der Waals surface area contributed by atoms with Gasteiger partial charge in [0.2, 0.25) is 0 Å². The van der Waals surface area contributed by atoms with Gasteiger partial charge in [0.25, 0.3) is 11.5 Å². The van der Waals surface area contributed by atoms with Gasteiger partial charge in [0.05, 0.1) is 7.11 Å². The van der Waals surface area contributed by atoms with Gasteiger partial charge in [-0.15, -0.1) is 0 Å². The quantitative estimate of drug-likeness (QED) is 0.848. The molecule has 0 aliphatic rings. The summed E-state index contributed by atoms with van der Waals surface area (Å²) >= 11 is 0. The SMILES string of the molecule is CCCCn1nc(C(=O)NCc2cccc(OC)c2)ccc1=O. The molecule has 6 nitrogen and oxygen atoms in total. The van der Waals surface area contributed by atoms with E-state index in [0.717, 1.165) is 24.2 Å². The van der Waals surface area contributed by atoms with Crippen molar-refractivity contribution in [3.05, 3.63) is 58.0 Å². The Morgan fingerprint density at radius 3 is 2.87 bits per heavy atom. The minimum Gasteiger partial charge on any atom is -0.497 e. The van der Waals surface area contributed by atoms with Gasteiger partial charge in [-0.3, -0.25) is 9.59 Å². The predicted molar refractivity (Wildman–Crippen MR) is 87.6 cm³/mol. The Morgan fingerprint density at radius 1 is 1.30 bits per heavy atom. The van der Waals surface area contributed by atoms with E-state index in [1.165, 1.54) is 16.8 Å². The van der Waals surface area contributed by atoms with Gasteiger partial charge in [-0.1, -0.05) is 25.5 Å². The molecule has 0 atom stereocenters. The van der Waals surface area contributed by atoms with Crippen LogP contribution in [0.2, 0.25) is 0 Å². The normalized spacial score (nSPS) is 10.3. The fourth-order valence-electron chi connectivity index (χ4n) is 2.09. The fraction of sp³-hybridized carbons (Fsp3) is 0.353. The van der Waals surface area contributed by atoms with Crippen molar-refractivity contribution in [2.45, 2.75) is 32.9 Å². The number of amides is 1. The highest BCUT2D eigenvalue weighted by atomic mass is 16.5. The zero-order valence-electron chi connectivity index (χ0n) is 13.4. The molecule has 0 bridgehead atoms. The number of carbonyl (C=O) groups excluding carboxylic acids is 1. The third-order valence-corrected chi connectivity index (χ3v) is 3.41. The highest BCUT2D eigenvalue weighted by molar-refractivity contribution is 5.91. The van der Waals surface area contributed by atoms with Crippen molar-refractivity contribution in [3.8, 4) is 5.75 Å². The summed E-state index contributed by atoms with van der Waals surface area (Å²) < 4.78 is 6.49. The van der Waals surface area contributed by atoms with Crippen LogP contribution in [0.3, 0.4) is 0 Å². The molecule has 0 aliphatic heterocycles. The van der Waals surface area contributed by atoms with Gasteiger partial charge in [0, 0.05) is 19.2 Å². The molecule has 2 aromatic rings. The average Bonchev–Trinajstić information content (AvgIpc) is 2.59. The summed E-state index contributed by atoms with van der Waals surface area (Å²) in [6.07, 6.45) is 1.81. The molecule has 6 heteroatoms. The molecule has 0 spiro atoms. The zero-order chi connectivity index (χ0) is 16.7. The maximum absolute atomic E-state index is 12.2. The molecular weight excluding hydrogens is 294 g/mol. The van der Waals surface area contributed by atoms with Crippen LogP contribution in [0.15, 0.2) is 41.2 Å². The third-order valence-electron chi connectivity index (χ3n) is 3.41. The van der Waals surface area contributed by atoms with Crippen LogP contribution in [0, 0.1) is 0 Å². The molecule has 1 N–H and O–H groups in total. The number of carbonyl (C=O) groups is 1. The summed E-state index contributed by atoms with van der Waals surface area (Å²) in [6, 6.07) is 10.3. The zero-order valence-corrected chi connectivity index (χ0v) is 13.4. The van der Waals surface area contributed by atoms with Crippen LogP contribution < -0.4 is 15.6 Å². The van der Waals surface area contributed by atoms with Crippen LogP contribution in [0.4, 0.5) is 0 Å². The summed E-state index contributed by atoms with van der Waals surface area (Å²) in [5.74, 6) is 0.432. The van der Waals surface area contributed by atoms with E-state index in [1.807, 2.05) is 31.2 Å². The summed E-state index contributed by atoms with van der Waals surface area (Å²) in [4.78, 5) is 23.9. The number of hydrogen-bond acceptors (Lipinski definition) is 4. The van der Waals surface area contributed by atoms with Crippen molar-refractivity contribution in [2.75, 3.05) is 7.11 Å². The van der Waals surface area contributed by atoms with Crippen molar-refractivity contribution < 1.29 is 9.53 Å². The first-order chi connectivity index (χ1) is 11.1. The molecule has 0 radical (unpaired) electrons. The van der Waals surface area contributed by atoms with Gasteiger partial charge < -0.3 is 10.1 Å². The number of nitrogens with one attached hydrogen (secondary N) is 1. The van der Waals surface area contributed by atoms with Crippen LogP contribution in [0.25, 0.3) is 0 Å². The second-order valence-electron chi connectivity index (χ2n) is 5.17. The Bertz CT molecular complexity index is 725. The number of hydrogen-bond donors (Lipinski definition) is 1. The Hall–Kier alpha value is -2.63. The van der Waals surface area contributed by atoms with E-state index in [4.69, 9.17) is 4.74 Å². The number of nitrogens with zero attached hydrogens (tertiary/aromatic N) is 2. The van der Waals surface area contributed by atoms with Crippen molar-refractivity contribution in [3.63, 3.8) is 0 Å². The van der Waals surface area contributed by atoms with Gasteiger partial charge in [-0.05, 0) is 30.2 Å². The second-order valence-corrected chi connectivity index (χ2v) is 5.17. The number of benzene rings is 1. The molecule has 0 aliphatic carbocycles. The van der Waals surface area contributed by atoms with Crippen molar-refractivity contribution in [1.82, 2.24) is 15.1 Å². The Morgan fingerprint density at radius 2 is 2.13 bits per heavy atom. The molecule has 23 heavy (non-hydrogen) atoms. The van der Waals surface area contributed by atoms with Crippen LogP contribution in [-0.2, 0) is 13.1 Å². The summed E-state index contributed by atoms with van der Waals surface area (Å²) in [6.45, 7) is 2.92. The van der Waals surface area contributed by atoms with Crippen LogP contribution >= 0.6 is 0 Å². The fourth-order valence-corrected chi connectivity index (χ4v) is 2.09. The molecule has 1 amide bonds. The first kappa shape index (κ1) is 16.7. The Labute approximate surface area is 135 Å². The summed E-state index contributed by atoms with van der Waals surface area (Å²) in [7, 11) is 1.60. The molecule has 1 aromatic heterocycles. The van der Waals surface area contributed by atoms with Crippen molar-refractivity contribution >= 4 is 5.91 Å². The average molecular weight is 315 g/mol. The number of ether oxygens (including phenoxy) is 1. The molecule has 122 valence electrons. The molecule has 1 aromatic carbocycles. The van der Waals surface area contributed by atoms with E-state index in [-0.39, 0.29) is 17.2 Å². The third kappa shape index (κ3) is 4.67. The van der Waals surface area contributed by atoms with Crippen LogP contribution in [0.5, 0.6) is 5.75 Å². The topological polar surface area (TPSA) is 73.2 Å². The van der Waals surface area contributed by atoms with Gasteiger partial charge >= 0.3 is 0 Å². The number of rotatable bonds is 7. The minimum atomic E-state index is -0.307. The van der Waals surface area contributed by atoms with E-state index in [0.29, 0.717) is 13.1 Å². The largest absolute Gasteiger partial charge is 0.497 e. The first-order valence-corrected chi connectivity index (χ1v) is 7.63. The molecule has 0 saturated heterocycles. The molecule has 0 saturated carbocycles. The van der Waals surface area contributed by atoms with E-state index < -0.39 is 0 Å². The Balaban J connectivity index is 2.04. The van der Waals surface area contributed by atoms with Gasteiger partial charge in [-0.25, -0.2) is 4.68 Å². The first-order valence-electron chi connectivity index (χ1n) is 7.63. The predicted octanol–water partition coefficient (Wildman–Crippen LogP) is 1.98. The summed E-state index contributed by atoms with van der Waals surface area (Å²) in [5.41, 5.74) is 0.975. The highest BCUT2D eigenvalue weighted by Gasteiger charge is 2.09. The maximum Gasteiger partial charge on any atom is 0.271 e. The lowest BCUT2D eigenvalue weighted by molar-refractivity contribution is 0.0943. The van der Waals surface area contributed by atoms with Gasteiger partial charge in [-0.2, -0.15) is 5.10 Å². The minimum absolute atomic E-state index is 0.192. The second kappa shape index (κ2) is 8.12. The number of methoxy groups -OCH3 is 1. The lowest BCUT2D eigenvalue weighted by Crippen LogP contribution is -2.29. The maximum atomic E-state index is 12.2. The molecule has 0 fully saturated rings. The highest BCUT2D eigenvalue weighted by Crippen LogP contribution is 2.12. The van der Waals surface area contributed by atoms with Crippen LogP contribution in [0.1, 0.15) is 35.8 Å². The molecule has 1 heterocycles. The Kier molecular flexibility index (Phi) is 5.91. The van der Waals surface area contributed by atoms with Gasteiger partial charge in [0.1, 0.15) is 11.4 Å². The lowest BCUT2D eigenvalue weighted by Gasteiger charge is -2.08. The molecule has 2 rings (SSSR count). The summed E-state index contributed by atoms with van der Waals surface area (Å²) in [5, 5.41) is 6.92. The van der Waals surface area contributed by atoms with Crippen molar-refractivity contribution in [1.29, 1.82) is 0 Å². The number of aromatic nitrogens is 2. The number of aryl methyl sites for hydroxylation is 1. The smallest absolute Gasteiger partial charge is 0.271 e. The molecular formula is C17H21N3O3. The van der Waals surface area contributed by atoms with E-state index in [2.05, 4.69) is 10.4 Å². The monoisotopic (exact) mass is 315 g/mol. The standard InChI is InChI=1S/C17H21N3O3/c1-3-4-10-20-16(21)9-8-15(19-20)17(22)18-12-13-6-5-7-14(11-13)23-2/h5-9,11H,3-4,10,12H2,1-2H3,(H,18,22). The van der Waals surface area contributed by atoms with E-state index in [1.54, 1.807) is 7.11 Å². The lowest BCUT2D eigenvalue weighted by atomic mass is 10.2. The number of unbranched alkanes of at least 4 members (excludes halogenated alkanes) is 1. The molecule has 0 unspecified atom stereocenters. The van der Waals surface area contributed by atoms with E-state index >= 15 is 0 Å². The van der Waals surface area contributed by atoms with Crippen LogP contribution in [-0.4, -0.2) is 22.8 Å². The van der Waals surface area contributed by atoms with Crippen molar-refractivity contribution in [2.24, 2.45) is 0 Å².